The quantitative estimate of drug-likeness (QED) is 0.149. The first-order valence-electron chi connectivity index (χ1n) is 12.5. The highest BCUT2D eigenvalue weighted by atomic mass is 16.4. The average molecular weight is 489 g/mol. The number of carbonyl (C=O) groups is 4. The van der Waals surface area contributed by atoms with Crippen molar-refractivity contribution in [1.82, 2.24) is 9.80 Å². The summed E-state index contributed by atoms with van der Waals surface area (Å²) in [7, 11) is 0. The van der Waals surface area contributed by atoms with Gasteiger partial charge in [-0.2, -0.15) is 0 Å². The van der Waals surface area contributed by atoms with Gasteiger partial charge in [-0.15, -0.1) is 0 Å². The van der Waals surface area contributed by atoms with Crippen LogP contribution in [0.2, 0.25) is 0 Å². The number of aliphatic carboxylic acids is 4. The fraction of sp³-hybridized carbons (Fsp3) is 0.833. The third kappa shape index (κ3) is 19.3. The van der Waals surface area contributed by atoms with Crippen LogP contribution in [0.15, 0.2) is 0 Å². The monoisotopic (exact) mass is 488 g/mol. The molecular weight excluding hydrogens is 444 g/mol. The van der Waals surface area contributed by atoms with Gasteiger partial charge in [0, 0.05) is 12.6 Å². The molecule has 0 aromatic carbocycles. The maximum absolute atomic E-state index is 11.3. The fourth-order valence-corrected chi connectivity index (χ4v) is 4.14. The van der Waals surface area contributed by atoms with Crippen molar-refractivity contribution in [2.24, 2.45) is 0 Å². The molecule has 0 amide bonds. The molecule has 0 radical (unpaired) electrons. The molecule has 0 saturated carbocycles. The smallest absolute Gasteiger partial charge is 0.317 e. The molecule has 0 rings (SSSR count). The molecular formula is C24H44N2O8. The number of carboxylic acid groups (broad SMARTS) is 4. The largest absolute Gasteiger partial charge is 0.480 e. The zero-order valence-corrected chi connectivity index (χ0v) is 20.6. The van der Waals surface area contributed by atoms with Crippen molar-refractivity contribution in [2.75, 3.05) is 32.7 Å². The Morgan fingerprint density at radius 3 is 1.26 bits per heavy atom. The van der Waals surface area contributed by atoms with E-state index in [0.717, 1.165) is 25.7 Å². The lowest BCUT2D eigenvalue weighted by atomic mass is 10.0. The third-order valence-electron chi connectivity index (χ3n) is 5.77. The summed E-state index contributed by atoms with van der Waals surface area (Å²) in [5, 5.41) is 36.6. The molecule has 1 unspecified atom stereocenters. The summed E-state index contributed by atoms with van der Waals surface area (Å²) in [6.07, 6.45) is 14.3. The minimum absolute atomic E-state index is 0.0306. The molecule has 0 aliphatic heterocycles. The van der Waals surface area contributed by atoms with Crippen LogP contribution in [0.4, 0.5) is 0 Å². The summed E-state index contributed by atoms with van der Waals surface area (Å²) in [4.78, 5) is 47.3. The molecule has 0 heterocycles. The van der Waals surface area contributed by atoms with Crippen LogP contribution in [0, 0.1) is 0 Å². The van der Waals surface area contributed by atoms with Crippen molar-refractivity contribution >= 4 is 23.9 Å². The van der Waals surface area contributed by atoms with Gasteiger partial charge >= 0.3 is 23.9 Å². The van der Waals surface area contributed by atoms with Crippen molar-refractivity contribution in [3.05, 3.63) is 0 Å². The van der Waals surface area contributed by atoms with E-state index in [1.165, 1.54) is 61.2 Å². The van der Waals surface area contributed by atoms with Gasteiger partial charge in [-0.05, 0) is 6.42 Å². The van der Waals surface area contributed by atoms with Crippen LogP contribution in [-0.2, 0) is 19.2 Å². The summed E-state index contributed by atoms with van der Waals surface area (Å²) in [6.45, 7) is 0.119. The molecule has 0 aromatic heterocycles. The summed E-state index contributed by atoms with van der Waals surface area (Å²) in [6, 6.07) is -0.575. The Bertz CT molecular complexity index is 568. The lowest BCUT2D eigenvalue weighted by molar-refractivity contribution is -0.146. The molecule has 0 spiro atoms. The SMILES string of the molecule is CCCCCCCCCCCCCCC(CN(CC(=O)O)CC(=O)O)N(CC(=O)O)CC(=O)O. The van der Waals surface area contributed by atoms with E-state index in [1.54, 1.807) is 0 Å². The van der Waals surface area contributed by atoms with E-state index in [1.807, 2.05) is 0 Å². The number of rotatable bonds is 24. The van der Waals surface area contributed by atoms with E-state index < -0.39 is 56.1 Å². The van der Waals surface area contributed by atoms with E-state index >= 15 is 0 Å². The zero-order chi connectivity index (χ0) is 25.8. The van der Waals surface area contributed by atoms with Gasteiger partial charge in [-0.3, -0.25) is 29.0 Å². The number of nitrogens with zero attached hydrogens (tertiary/aromatic N) is 2. The van der Waals surface area contributed by atoms with E-state index in [-0.39, 0.29) is 6.54 Å². The summed E-state index contributed by atoms with van der Waals surface area (Å²) in [5.74, 6) is -4.78. The molecule has 0 saturated heterocycles. The van der Waals surface area contributed by atoms with E-state index in [4.69, 9.17) is 10.2 Å². The predicted molar refractivity (Wildman–Crippen MR) is 128 cm³/mol. The highest BCUT2D eigenvalue weighted by molar-refractivity contribution is 5.73. The van der Waals surface area contributed by atoms with Crippen molar-refractivity contribution in [3.8, 4) is 0 Å². The molecule has 1 atom stereocenters. The number of hydrogen-bond donors (Lipinski definition) is 4. The molecule has 34 heavy (non-hydrogen) atoms. The summed E-state index contributed by atoms with van der Waals surface area (Å²) >= 11 is 0. The molecule has 0 bridgehead atoms. The number of carboxylic acids is 4. The van der Waals surface area contributed by atoms with Gasteiger partial charge in [0.25, 0.3) is 0 Å². The Balaban J connectivity index is 4.69. The summed E-state index contributed by atoms with van der Waals surface area (Å²) in [5.41, 5.74) is 0. The lowest BCUT2D eigenvalue weighted by Gasteiger charge is -2.33. The molecule has 0 aromatic rings. The van der Waals surface area contributed by atoms with Crippen LogP contribution in [0.3, 0.4) is 0 Å². The standard InChI is InChI=1S/C24H44N2O8/c1-2-3-4-5-6-7-8-9-10-11-12-13-14-20(26(18-23(31)32)19-24(33)34)15-25(16-21(27)28)17-22(29)30/h20H,2-19H2,1H3,(H,27,28)(H,29,30)(H,31,32)(H,33,34). The molecule has 0 aliphatic rings. The molecule has 10 heteroatoms. The Morgan fingerprint density at radius 1 is 0.559 bits per heavy atom. The average Bonchev–Trinajstić information content (AvgIpc) is 2.71. The topological polar surface area (TPSA) is 156 Å². The molecule has 4 N–H and O–H groups in total. The number of hydrogen-bond acceptors (Lipinski definition) is 6. The molecule has 0 aliphatic carbocycles. The molecule has 0 fully saturated rings. The van der Waals surface area contributed by atoms with Gasteiger partial charge in [0.1, 0.15) is 0 Å². The van der Waals surface area contributed by atoms with Gasteiger partial charge in [0.05, 0.1) is 26.2 Å². The second kappa shape index (κ2) is 20.2. The minimum Gasteiger partial charge on any atom is -0.480 e. The fourth-order valence-electron chi connectivity index (χ4n) is 4.14. The Morgan fingerprint density at radius 2 is 0.912 bits per heavy atom. The first-order valence-corrected chi connectivity index (χ1v) is 12.5. The van der Waals surface area contributed by atoms with Crippen molar-refractivity contribution in [2.45, 2.75) is 96.4 Å². The maximum atomic E-state index is 11.3. The van der Waals surface area contributed by atoms with E-state index in [0.29, 0.717) is 6.42 Å². The highest BCUT2D eigenvalue weighted by Gasteiger charge is 2.26. The van der Waals surface area contributed by atoms with Crippen molar-refractivity contribution < 1.29 is 39.6 Å². The first-order chi connectivity index (χ1) is 16.1. The van der Waals surface area contributed by atoms with E-state index in [9.17, 15) is 29.4 Å². The molecule has 10 nitrogen and oxygen atoms in total. The van der Waals surface area contributed by atoms with Gasteiger partial charge < -0.3 is 20.4 Å². The van der Waals surface area contributed by atoms with E-state index in [2.05, 4.69) is 6.92 Å². The Kier molecular flexibility index (Phi) is 18.9. The van der Waals surface area contributed by atoms with Crippen LogP contribution in [0.1, 0.15) is 90.4 Å². The molecule has 198 valence electrons. The maximum Gasteiger partial charge on any atom is 0.317 e. The zero-order valence-electron chi connectivity index (χ0n) is 20.6. The van der Waals surface area contributed by atoms with Crippen molar-refractivity contribution in [3.63, 3.8) is 0 Å². The highest BCUT2D eigenvalue weighted by Crippen LogP contribution is 2.16. The lowest BCUT2D eigenvalue weighted by Crippen LogP contribution is -2.50. The first kappa shape index (κ1) is 31.8. The third-order valence-corrected chi connectivity index (χ3v) is 5.77. The van der Waals surface area contributed by atoms with Crippen LogP contribution >= 0.6 is 0 Å². The van der Waals surface area contributed by atoms with Gasteiger partial charge in [-0.1, -0.05) is 84.0 Å². The van der Waals surface area contributed by atoms with Crippen LogP contribution in [-0.4, -0.2) is 92.9 Å². The summed E-state index contributed by atoms with van der Waals surface area (Å²) < 4.78 is 0. The Hall–Kier alpha value is -2.20. The number of unbranched alkanes of at least 4 members (excludes halogenated alkanes) is 11. The van der Waals surface area contributed by atoms with Crippen LogP contribution in [0.25, 0.3) is 0 Å². The second-order valence-electron chi connectivity index (χ2n) is 8.98. The van der Waals surface area contributed by atoms with Crippen molar-refractivity contribution in [1.29, 1.82) is 0 Å². The van der Waals surface area contributed by atoms with Gasteiger partial charge in [0.2, 0.25) is 0 Å². The van der Waals surface area contributed by atoms with Gasteiger partial charge in [-0.25, -0.2) is 0 Å². The predicted octanol–water partition coefficient (Wildman–Crippen LogP) is 3.39. The van der Waals surface area contributed by atoms with Crippen LogP contribution < -0.4 is 0 Å². The second-order valence-corrected chi connectivity index (χ2v) is 8.98. The van der Waals surface area contributed by atoms with Crippen LogP contribution in [0.5, 0.6) is 0 Å². The van der Waals surface area contributed by atoms with Gasteiger partial charge in [0.15, 0.2) is 0 Å². The normalized spacial score (nSPS) is 12.2. The minimum atomic E-state index is -1.20. The Labute approximate surface area is 202 Å².